The van der Waals surface area contributed by atoms with E-state index in [9.17, 15) is 4.57 Å². The van der Waals surface area contributed by atoms with E-state index in [4.69, 9.17) is 6.42 Å². The molecule has 2 unspecified atom stereocenters. The maximum absolute atomic E-state index is 11.8. The minimum absolute atomic E-state index is 0.0493. The molecule has 0 spiro atoms. The molecule has 1 N–H and O–H groups in total. The van der Waals surface area contributed by atoms with Crippen molar-refractivity contribution in [2.24, 2.45) is 0 Å². The van der Waals surface area contributed by atoms with Crippen LogP contribution in [0.2, 0.25) is 0 Å². The van der Waals surface area contributed by atoms with Gasteiger partial charge in [-0.1, -0.05) is 5.92 Å². The second-order valence-electron chi connectivity index (χ2n) is 2.69. The van der Waals surface area contributed by atoms with E-state index in [1.165, 1.54) is 0 Å². The van der Waals surface area contributed by atoms with Gasteiger partial charge in [0.15, 0.2) is 0 Å². The third-order valence-corrected chi connectivity index (χ3v) is 5.07. The molecule has 1 saturated heterocycles. The summed E-state index contributed by atoms with van der Waals surface area (Å²) in [6.45, 7) is 0. The number of rotatable bonds is 1. The molecule has 0 amide bonds. The molecule has 1 fully saturated rings. The van der Waals surface area contributed by atoms with Gasteiger partial charge in [-0.3, -0.25) is 9.65 Å². The van der Waals surface area contributed by atoms with Gasteiger partial charge in [0.2, 0.25) is 7.44 Å². The van der Waals surface area contributed by atoms with Gasteiger partial charge in [0.25, 0.3) is 0 Å². The molecule has 1 heterocycles. The molecule has 3 nitrogen and oxygen atoms in total. The lowest BCUT2D eigenvalue weighted by Gasteiger charge is -2.21. The molecule has 2 atom stereocenters. The van der Waals surface area contributed by atoms with Gasteiger partial charge < -0.3 is 0 Å². The van der Waals surface area contributed by atoms with E-state index in [1.807, 2.05) is 7.05 Å². The summed E-state index contributed by atoms with van der Waals surface area (Å²) in [7, 11) is 1.26. The predicted octanol–water partition coefficient (Wildman–Crippen LogP) is 0.736. The van der Waals surface area contributed by atoms with Crippen molar-refractivity contribution in [3.05, 3.63) is 0 Å². The first kappa shape index (κ1) is 8.80. The molecule has 0 bridgehead atoms. The topological polar surface area (TPSA) is 32.3 Å². The van der Waals surface area contributed by atoms with Crippen LogP contribution in [-0.2, 0) is 4.57 Å². The smallest absolute Gasteiger partial charge is 0.214 e. The third-order valence-electron chi connectivity index (χ3n) is 2.21. The van der Waals surface area contributed by atoms with Crippen molar-refractivity contribution in [2.45, 2.75) is 12.5 Å². The highest BCUT2D eigenvalue weighted by atomic mass is 31.2. The van der Waals surface area contributed by atoms with Crippen molar-refractivity contribution in [1.82, 2.24) is 9.76 Å². The van der Waals surface area contributed by atoms with E-state index < -0.39 is 7.44 Å². The molecule has 1 rings (SSSR count). The van der Waals surface area contributed by atoms with Crippen molar-refractivity contribution in [1.29, 1.82) is 0 Å². The van der Waals surface area contributed by atoms with Crippen LogP contribution < -0.4 is 5.09 Å². The quantitative estimate of drug-likeness (QED) is 0.467. The van der Waals surface area contributed by atoms with Crippen LogP contribution in [0.1, 0.15) is 6.42 Å². The van der Waals surface area contributed by atoms with Crippen molar-refractivity contribution < 1.29 is 4.57 Å². The molecule has 1 aliphatic heterocycles. The predicted molar refractivity (Wildman–Crippen MR) is 46.5 cm³/mol. The molecule has 0 aromatic rings. The lowest BCUT2D eigenvalue weighted by atomic mass is 10.2. The molecule has 0 aliphatic carbocycles. The summed E-state index contributed by atoms with van der Waals surface area (Å²) in [5, 5.41) is 2.84. The highest BCUT2D eigenvalue weighted by molar-refractivity contribution is 7.59. The molecular formula is C7H13N2OP. The van der Waals surface area contributed by atoms with Crippen molar-refractivity contribution >= 4 is 7.44 Å². The number of terminal acetylenes is 1. The number of hydrogen-bond donors (Lipinski definition) is 1. The molecule has 4 heteroatoms. The minimum Gasteiger partial charge on any atom is -0.289 e. The zero-order chi connectivity index (χ0) is 8.48. The third kappa shape index (κ3) is 1.35. The van der Waals surface area contributed by atoms with E-state index in [2.05, 4.69) is 11.0 Å². The Balaban J connectivity index is 2.80. The average molecular weight is 172 g/mol. The number of nitrogens with one attached hydrogen (secondary N) is 1. The summed E-state index contributed by atoms with van der Waals surface area (Å²) in [5.74, 6) is 2.62. The monoisotopic (exact) mass is 172 g/mol. The Morgan fingerprint density at radius 1 is 1.82 bits per heavy atom. The van der Waals surface area contributed by atoms with Crippen LogP contribution in [0.25, 0.3) is 0 Å². The van der Waals surface area contributed by atoms with Crippen molar-refractivity contribution in [3.8, 4) is 12.3 Å². The summed E-state index contributed by atoms with van der Waals surface area (Å²) in [6.07, 6.45) is 6.79. The van der Waals surface area contributed by atoms with Gasteiger partial charge in [-0.25, -0.2) is 4.67 Å². The molecule has 1 aliphatic rings. The number of hydrogen-bond acceptors (Lipinski definition) is 1. The number of nitrogens with zero attached hydrogens (tertiary/aromatic N) is 1. The molecule has 62 valence electrons. The zero-order valence-electron chi connectivity index (χ0n) is 6.87. The van der Waals surface area contributed by atoms with Gasteiger partial charge >= 0.3 is 0 Å². The van der Waals surface area contributed by atoms with Crippen LogP contribution in [-0.4, -0.2) is 31.0 Å². The van der Waals surface area contributed by atoms with E-state index in [0.717, 1.165) is 6.42 Å². The SMILES string of the molecule is C#CC1CCP(=O)(NC)N1C. The normalized spacial score (nSPS) is 38.8. The Morgan fingerprint density at radius 2 is 2.45 bits per heavy atom. The Hall–Kier alpha value is -0.290. The fourth-order valence-electron chi connectivity index (χ4n) is 1.33. The average Bonchev–Trinajstić information content (AvgIpc) is 2.31. The molecular weight excluding hydrogens is 159 g/mol. The Kier molecular flexibility index (Phi) is 2.39. The fraction of sp³-hybridized carbons (Fsp3) is 0.714. The first-order chi connectivity index (χ1) is 5.14. The maximum atomic E-state index is 11.8. The van der Waals surface area contributed by atoms with Gasteiger partial charge in [-0.2, -0.15) is 0 Å². The molecule has 0 aromatic carbocycles. The van der Waals surface area contributed by atoms with Crippen LogP contribution in [0.5, 0.6) is 0 Å². The summed E-state index contributed by atoms with van der Waals surface area (Å²) >= 11 is 0. The van der Waals surface area contributed by atoms with E-state index in [1.54, 1.807) is 11.7 Å². The maximum Gasteiger partial charge on any atom is 0.214 e. The van der Waals surface area contributed by atoms with Gasteiger partial charge in [-0.05, 0) is 20.5 Å². The van der Waals surface area contributed by atoms with Crippen LogP contribution in [0.15, 0.2) is 0 Å². The van der Waals surface area contributed by atoms with E-state index in [-0.39, 0.29) is 6.04 Å². The van der Waals surface area contributed by atoms with Gasteiger partial charge in [-0.15, -0.1) is 6.42 Å². The summed E-state index contributed by atoms with van der Waals surface area (Å²) in [5.41, 5.74) is 0. The largest absolute Gasteiger partial charge is 0.289 e. The second kappa shape index (κ2) is 2.98. The molecule has 0 radical (unpaired) electrons. The molecule has 0 aromatic heterocycles. The lowest BCUT2D eigenvalue weighted by molar-refractivity contribution is 0.453. The highest BCUT2D eigenvalue weighted by Gasteiger charge is 2.37. The summed E-state index contributed by atoms with van der Waals surface area (Å²) in [4.78, 5) is 0. The van der Waals surface area contributed by atoms with E-state index >= 15 is 0 Å². The van der Waals surface area contributed by atoms with Gasteiger partial charge in [0, 0.05) is 6.16 Å². The highest BCUT2D eigenvalue weighted by Crippen LogP contribution is 2.51. The van der Waals surface area contributed by atoms with Crippen LogP contribution in [0.3, 0.4) is 0 Å². The van der Waals surface area contributed by atoms with Crippen LogP contribution >= 0.6 is 7.44 Å². The van der Waals surface area contributed by atoms with Crippen molar-refractivity contribution in [3.63, 3.8) is 0 Å². The molecule has 11 heavy (non-hydrogen) atoms. The Labute approximate surface area is 67.6 Å². The Morgan fingerprint density at radius 3 is 2.73 bits per heavy atom. The summed E-state index contributed by atoms with van der Waals surface area (Å²) < 4.78 is 13.6. The molecule has 0 saturated carbocycles. The van der Waals surface area contributed by atoms with E-state index in [0.29, 0.717) is 6.16 Å². The minimum atomic E-state index is -2.27. The lowest BCUT2D eigenvalue weighted by Crippen LogP contribution is -2.24. The van der Waals surface area contributed by atoms with Gasteiger partial charge in [0.05, 0.1) is 6.04 Å². The Bertz CT molecular complexity index is 233. The standard InChI is InChI=1S/C7H13N2OP/c1-4-7-5-6-11(10,8-2)9(7)3/h1,7H,5-6H2,2-3H3,(H,8,10). The summed E-state index contributed by atoms with van der Waals surface area (Å²) in [6, 6.07) is 0.0493. The second-order valence-corrected chi connectivity index (χ2v) is 5.62. The first-order valence-electron chi connectivity index (χ1n) is 3.61. The van der Waals surface area contributed by atoms with Crippen LogP contribution in [0, 0.1) is 12.3 Å². The first-order valence-corrected chi connectivity index (χ1v) is 5.46. The fourth-order valence-corrected chi connectivity index (χ4v) is 3.41. The van der Waals surface area contributed by atoms with Crippen molar-refractivity contribution in [2.75, 3.05) is 20.3 Å². The van der Waals surface area contributed by atoms with Crippen LogP contribution in [0.4, 0.5) is 0 Å². The van der Waals surface area contributed by atoms with Gasteiger partial charge in [0.1, 0.15) is 0 Å². The zero-order valence-corrected chi connectivity index (χ0v) is 7.77.